The Bertz CT molecular complexity index is 1790. The molecule has 0 bridgehead atoms. The van der Waals surface area contributed by atoms with Crippen LogP contribution in [0.15, 0.2) is 82.6 Å². The van der Waals surface area contributed by atoms with E-state index in [4.69, 9.17) is 0 Å². The van der Waals surface area contributed by atoms with E-state index >= 15 is 0 Å². The Hall–Kier alpha value is -4.15. The fraction of sp³-hybridized carbons (Fsp3) is 0.294. The molecule has 3 unspecified atom stereocenters. The van der Waals surface area contributed by atoms with E-state index in [1.807, 2.05) is 74.5 Å². The van der Waals surface area contributed by atoms with Crippen LogP contribution in [0, 0.1) is 19.8 Å². The van der Waals surface area contributed by atoms with Gasteiger partial charge in [-0.1, -0.05) is 71.1 Å². The molecule has 226 valence electrons. The summed E-state index contributed by atoms with van der Waals surface area (Å²) < 4.78 is 1.46. The minimum Gasteiger partial charge on any atom is -0.372 e. The van der Waals surface area contributed by atoms with Crippen LogP contribution in [-0.4, -0.2) is 40.6 Å². The average molecular weight is 627 g/mol. The SMILES string of the molecule is CCN(CC)c1ccc(C2c3sc(=O)n(CC(=O)Nc4ccccc4C)c3SC3C(=O)N(c4ccc(C)cc4)C(=O)C32)cc1. The number of amides is 3. The summed E-state index contributed by atoms with van der Waals surface area (Å²) in [5, 5.41) is 2.75. The molecule has 2 aliphatic rings. The van der Waals surface area contributed by atoms with Crippen LogP contribution in [0.3, 0.4) is 0 Å². The van der Waals surface area contributed by atoms with Crippen LogP contribution in [0.4, 0.5) is 17.1 Å². The van der Waals surface area contributed by atoms with Crippen molar-refractivity contribution in [3.63, 3.8) is 0 Å². The number of hydrogen-bond acceptors (Lipinski definition) is 7. The molecule has 3 heterocycles. The van der Waals surface area contributed by atoms with Crippen molar-refractivity contribution in [2.45, 2.75) is 50.4 Å². The lowest BCUT2D eigenvalue weighted by atomic mass is 9.83. The number of para-hydroxylation sites is 1. The van der Waals surface area contributed by atoms with E-state index in [1.54, 1.807) is 12.1 Å². The van der Waals surface area contributed by atoms with E-state index in [0.29, 0.717) is 21.3 Å². The molecule has 1 saturated heterocycles. The second-order valence-corrected chi connectivity index (χ2v) is 13.3. The summed E-state index contributed by atoms with van der Waals surface area (Å²) in [7, 11) is 0. The number of thioether (sulfide) groups is 1. The molecule has 3 atom stereocenters. The number of nitrogens with one attached hydrogen (secondary N) is 1. The molecular weight excluding hydrogens is 593 g/mol. The fourth-order valence-electron chi connectivity index (χ4n) is 6.09. The van der Waals surface area contributed by atoms with E-state index in [2.05, 4.69) is 24.1 Å². The van der Waals surface area contributed by atoms with Crippen LogP contribution in [-0.2, 0) is 20.9 Å². The highest BCUT2D eigenvalue weighted by Gasteiger charge is 2.56. The van der Waals surface area contributed by atoms with Gasteiger partial charge in [-0.3, -0.25) is 23.7 Å². The predicted octanol–water partition coefficient (Wildman–Crippen LogP) is 5.81. The highest BCUT2D eigenvalue weighted by atomic mass is 32.2. The van der Waals surface area contributed by atoms with Crippen molar-refractivity contribution in [1.82, 2.24) is 4.57 Å². The number of imide groups is 1. The molecule has 1 N–H and O–H groups in total. The van der Waals surface area contributed by atoms with Gasteiger partial charge < -0.3 is 10.2 Å². The first-order chi connectivity index (χ1) is 21.2. The number of aromatic nitrogens is 1. The maximum absolute atomic E-state index is 14.1. The third-order valence-electron chi connectivity index (χ3n) is 8.44. The third kappa shape index (κ3) is 5.26. The Morgan fingerprint density at radius 2 is 1.57 bits per heavy atom. The Kier molecular flexibility index (Phi) is 8.22. The third-order valence-corrected chi connectivity index (χ3v) is 11.0. The monoisotopic (exact) mass is 626 g/mol. The average Bonchev–Trinajstić information content (AvgIpc) is 3.46. The van der Waals surface area contributed by atoms with Crippen LogP contribution < -0.4 is 20.0 Å². The van der Waals surface area contributed by atoms with E-state index in [0.717, 1.165) is 46.8 Å². The molecule has 10 heteroatoms. The first kappa shape index (κ1) is 29.9. The largest absolute Gasteiger partial charge is 0.372 e. The number of benzene rings is 3. The Morgan fingerprint density at radius 1 is 0.886 bits per heavy atom. The number of aryl methyl sites for hydroxylation is 2. The van der Waals surface area contributed by atoms with Gasteiger partial charge >= 0.3 is 4.87 Å². The zero-order valence-electron chi connectivity index (χ0n) is 25.1. The van der Waals surface area contributed by atoms with E-state index < -0.39 is 17.1 Å². The number of rotatable bonds is 8. The number of thiazole rings is 1. The lowest BCUT2D eigenvalue weighted by Crippen LogP contribution is -2.33. The summed E-state index contributed by atoms with van der Waals surface area (Å²) in [5.41, 5.74) is 5.09. The number of fused-ring (bicyclic) bond motifs is 2. The number of nitrogens with zero attached hydrogens (tertiary/aromatic N) is 3. The molecule has 44 heavy (non-hydrogen) atoms. The molecule has 2 aliphatic heterocycles. The molecule has 1 fully saturated rings. The van der Waals surface area contributed by atoms with Gasteiger partial charge in [-0.2, -0.15) is 0 Å². The smallest absolute Gasteiger partial charge is 0.308 e. The van der Waals surface area contributed by atoms with Crippen molar-refractivity contribution < 1.29 is 14.4 Å². The van der Waals surface area contributed by atoms with Crippen LogP contribution in [0.5, 0.6) is 0 Å². The number of carbonyl (C=O) groups is 3. The molecule has 0 spiro atoms. The van der Waals surface area contributed by atoms with Gasteiger partial charge in [0, 0.05) is 35.3 Å². The molecular formula is C34H34N4O4S2. The van der Waals surface area contributed by atoms with E-state index in [9.17, 15) is 19.2 Å². The summed E-state index contributed by atoms with van der Waals surface area (Å²) in [6.07, 6.45) is 0. The summed E-state index contributed by atoms with van der Waals surface area (Å²) in [6.45, 7) is 9.59. The van der Waals surface area contributed by atoms with Gasteiger partial charge in [-0.25, -0.2) is 4.90 Å². The van der Waals surface area contributed by atoms with Crippen LogP contribution in [0.25, 0.3) is 0 Å². The Morgan fingerprint density at radius 3 is 2.23 bits per heavy atom. The topological polar surface area (TPSA) is 91.7 Å². The van der Waals surface area contributed by atoms with E-state index in [-0.39, 0.29) is 29.1 Å². The molecule has 4 aromatic rings. The zero-order valence-corrected chi connectivity index (χ0v) is 26.7. The first-order valence-electron chi connectivity index (χ1n) is 14.8. The van der Waals surface area contributed by atoms with E-state index in [1.165, 1.54) is 21.2 Å². The van der Waals surface area contributed by atoms with Crippen molar-refractivity contribution in [2.24, 2.45) is 5.92 Å². The summed E-state index contributed by atoms with van der Waals surface area (Å²) in [5.74, 6) is -2.11. The highest BCUT2D eigenvalue weighted by Crippen LogP contribution is 2.54. The minimum absolute atomic E-state index is 0.194. The molecule has 0 saturated carbocycles. The maximum Gasteiger partial charge on any atom is 0.308 e. The molecule has 8 nitrogen and oxygen atoms in total. The summed E-state index contributed by atoms with van der Waals surface area (Å²) in [6, 6.07) is 22.9. The first-order valence-corrected chi connectivity index (χ1v) is 16.5. The van der Waals surface area contributed by atoms with Crippen molar-refractivity contribution in [3.8, 4) is 0 Å². The molecule has 0 aliphatic carbocycles. The Balaban J connectivity index is 1.42. The lowest BCUT2D eigenvalue weighted by molar-refractivity contribution is -0.122. The number of anilines is 3. The van der Waals surface area contributed by atoms with Gasteiger partial charge in [0.2, 0.25) is 17.7 Å². The van der Waals surface area contributed by atoms with Crippen LogP contribution in [0.2, 0.25) is 0 Å². The second-order valence-electron chi connectivity index (χ2n) is 11.1. The molecule has 1 aromatic heterocycles. The van der Waals surface area contributed by atoms with Crippen molar-refractivity contribution >= 4 is 57.9 Å². The number of hydrogen-bond donors (Lipinski definition) is 1. The van der Waals surface area contributed by atoms with Gasteiger partial charge in [-0.15, -0.1) is 0 Å². The molecule has 0 radical (unpaired) electrons. The number of carbonyl (C=O) groups excluding carboxylic acids is 3. The summed E-state index contributed by atoms with van der Waals surface area (Å²) in [4.78, 5) is 58.7. The maximum atomic E-state index is 14.1. The van der Waals surface area contributed by atoms with Crippen LogP contribution >= 0.6 is 23.1 Å². The van der Waals surface area contributed by atoms with Crippen molar-refractivity contribution in [2.75, 3.05) is 28.2 Å². The van der Waals surface area contributed by atoms with Gasteiger partial charge in [0.25, 0.3) is 0 Å². The Labute approximate surface area is 264 Å². The standard InChI is InChI=1S/C34H34N4O4S2/c1-5-36(6-2)23-17-13-22(14-18-23)27-28-29(32(41)38(31(28)40)24-15-11-20(3)12-16-24)43-33-30(27)44-34(42)37(33)19-26(39)35-25-10-8-7-9-21(25)4/h7-18,27-29H,5-6,19H2,1-4H3,(H,35,39). The second kappa shape index (κ2) is 12.1. The van der Waals surface area contributed by atoms with Gasteiger partial charge in [0.1, 0.15) is 11.8 Å². The van der Waals surface area contributed by atoms with Crippen molar-refractivity contribution in [1.29, 1.82) is 0 Å². The quantitative estimate of drug-likeness (QED) is 0.249. The van der Waals surface area contributed by atoms with Gasteiger partial charge in [0.05, 0.1) is 16.6 Å². The van der Waals surface area contributed by atoms with Gasteiger partial charge in [0.15, 0.2) is 0 Å². The molecule has 3 aromatic carbocycles. The molecule has 6 rings (SSSR count). The van der Waals surface area contributed by atoms with Gasteiger partial charge in [-0.05, 0) is 69.2 Å². The summed E-state index contributed by atoms with van der Waals surface area (Å²) >= 11 is 2.28. The normalized spacial score (nSPS) is 19.1. The predicted molar refractivity (Wildman–Crippen MR) is 177 cm³/mol. The van der Waals surface area contributed by atoms with Crippen LogP contribution in [0.1, 0.15) is 41.3 Å². The highest BCUT2D eigenvalue weighted by molar-refractivity contribution is 8.00. The molecule has 3 amide bonds. The lowest BCUT2D eigenvalue weighted by Gasteiger charge is -2.31. The minimum atomic E-state index is -0.733. The zero-order chi connectivity index (χ0) is 31.1. The van der Waals surface area contributed by atoms with Crippen molar-refractivity contribution in [3.05, 3.63) is 104 Å². The fourth-order valence-corrected chi connectivity index (χ4v) is 8.86.